The lowest BCUT2D eigenvalue weighted by Crippen LogP contribution is -2.26. The highest BCUT2D eigenvalue weighted by Gasteiger charge is 2.35. The predicted molar refractivity (Wildman–Crippen MR) is 102 cm³/mol. The maximum Gasteiger partial charge on any atom is 0.147 e. The van der Waals surface area contributed by atoms with E-state index in [2.05, 4.69) is 89.6 Å². The van der Waals surface area contributed by atoms with Crippen molar-refractivity contribution in [3.05, 3.63) is 119 Å². The Kier molecular flexibility index (Phi) is 3.45. The van der Waals surface area contributed by atoms with Crippen LogP contribution in [0.3, 0.4) is 0 Å². The monoisotopic (exact) mass is 337 g/mol. The standard InChI is InChI=1S/C23H19N3/c1-16-24-23-21(17-10-4-2-5-11-17)19-14-8-9-15-20(19)22(26(23)25-16)18-12-6-3-7-13-18/h2-15,21-22H,1H3/t21-,22-/m1/s1. The molecule has 4 aromatic rings. The second-order valence-corrected chi connectivity index (χ2v) is 6.75. The Bertz CT molecular complexity index is 967. The summed E-state index contributed by atoms with van der Waals surface area (Å²) in [6.07, 6.45) is 0. The Morgan fingerprint density at radius 1 is 0.692 bits per heavy atom. The van der Waals surface area contributed by atoms with E-state index < -0.39 is 0 Å². The fourth-order valence-electron chi connectivity index (χ4n) is 4.06. The number of hydrogen-bond donors (Lipinski definition) is 0. The van der Waals surface area contributed by atoms with Crippen LogP contribution >= 0.6 is 0 Å². The normalized spacial score (nSPS) is 18.2. The van der Waals surface area contributed by atoms with E-state index in [9.17, 15) is 0 Å². The highest BCUT2D eigenvalue weighted by Crippen LogP contribution is 2.43. The van der Waals surface area contributed by atoms with E-state index in [-0.39, 0.29) is 12.0 Å². The highest BCUT2D eigenvalue weighted by atomic mass is 15.4. The van der Waals surface area contributed by atoms with Crippen LogP contribution in [0.1, 0.15) is 45.9 Å². The summed E-state index contributed by atoms with van der Waals surface area (Å²) >= 11 is 0. The highest BCUT2D eigenvalue weighted by molar-refractivity contribution is 5.50. The fraction of sp³-hybridized carbons (Fsp3) is 0.130. The number of nitrogens with zero attached hydrogens (tertiary/aromatic N) is 3. The average Bonchev–Trinajstić information content (AvgIpc) is 3.07. The van der Waals surface area contributed by atoms with E-state index in [0.29, 0.717) is 0 Å². The Balaban J connectivity index is 1.80. The van der Waals surface area contributed by atoms with E-state index in [1.165, 1.54) is 22.3 Å². The van der Waals surface area contributed by atoms with Crippen LogP contribution in [0.2, 0.25) is 0 Å². The zero-order valence-corrected chi connectivity index (χ0v) is 14.6. The molecule has 126 valence electrons. The third kappa shape index (κ3) is 2.28. The molecular weight excluding hydrogens is 318 g/mol. The zero-order chi connectivity index (χ0) is 17.5. The van der Waals surface area contributed by atoms with Gasteiger partial charge in [0.1, 0.15) is 17.7 Å². The van der Waals surface area contributed by atoms with Crippen LogP contribution in [0.5, 0.6) is 0 Å². The van der Waals surface area contributed by atoms with Crippen molar-refractivity contribution in [3.63, 3.8) is 0 Å². The van der Waals surface area contributed by atoms with E-state index >= 15 is 0 Å². The minimum atomic E-state index is 0.0589. The fourth-order valence-corrected chi connectivity index (χ4v) is 4.06. The molecule has 0 bridgehead atoms. The van der Waals surface area contributed by atoms with Gasteiger partial charge in [-0.2, -0.15) is 5.10 Å². The third-order valence-electron chi connectivity index (χ3n) is 5.12. The van der Waals surface area contributed by atoms with Crippen LogP contribution in [0, 0.1) is 6.92 Å². The molecule has 0 amide bonds. The molecule has 1 aromatic heterocycles. The largest absolute Gasteiger partial charge is 0.237 e. The molecular formula is C23H19N3. The molecule has 1 aliphatic rings. The van der Waals surface area contributed by atoms with E-state index in [1.807, 2.05) is 6.92 Å². The Morgan fingerprint density at radius 2 is 1.27 bits per heavy atom. The van der Waals surface area contributed by atoms with Crippen molar-refractivity contribution in [2.24, 2.45) is 0 Å². The molecule has 5 rings (SSSR count). The summed E-state index contributed by atoms with van der Waals surface area (Å²) in [5.41, 5.74) is 5.09. The van der Waals surface area contributed by atoms with Crippen molar-refractivity contribution in [1.82, 2.24) is 14.8 Å². The van der Waals surface area contributed by atoms with Crippen molar-refractivity contribution in [3.8, 4) is 0 Å². The molecule has 0 spiro atoms. The van der Waals surface area contributed by atoms with Gasteiger partial charge in [0.25, 0.3) is 0 Å². The number of fused-ring (bicyclic) bond motifs is 2. The van der Waals surface area contributed by atoms with Gasteiger partial charge in [0, 0.05) is 0 Å². The molecule has 3 nitrogen and oxygen atoms in total. The van der Waals surface area contributed by atoms with Crippen LogP contribution in [0.15, 0.2) is 84.9 Å². The van der Waals surface area contributed by atoms with Crippen molar-refractivity contribution < 1.29 is 0 Å². The summed E-state index contributed by atoms with van der Waals surface area (Å²) < 4.78 is 2.12. The van der Waals surface area contributed by atoms with Gasteiger partial charge < -0.3 is 0 Å². The quantitative estimate of drug-likeness (QED) is 0.467. The third-order valence-corrected chi connectivity index (χ3v) is 5.12. The Labute approximate surface area is 153 Å². The van der Waals surface area contributed by atoms with Crippen LogP contribution in [0.4, 0.5) is 0 Å². The van der Waals surface area contributed by atoms with Crippen LogP contribution in [-0.4, -0.2) is 14.8 Å². The summed E-state index contributed by atoms with van der Waals surface area (Å²) in [6, 6.07) is 29.9. The topological polar surface area (TPSA) is 30.7 Å². The number of aryl methyl sites for hydroxylation is 1. The summed E-state index contributed by atoms with van der Waals surface area (Å²) in [5.74, 6) is 1.93. The van der Waals surface area contributed by atoms with Gasteiger partial charge >= 0.3 is 0 Å². The lowest BCUT2D eigenvalue weighted by Gasteiger charge is -2.32. The number of rotatable bonds is 2. The first kappa shape index (κ1) is 15.1. The number of hydrogen-bond acceptors (Lipinski definition) is 2. The number of benzene rings is 3. The van der Waals surface area contributed by atoms with Gasteiger partial charge in [-0.05, 0) is 29.2 Å². The molecule has 0 fully saturated rings. The van der Waals surface area contributed by atoms with Crippen molar-refractivity contribution in [2.45, 2.75) is 18.9 Å². The molecule has 2 heterocycles. The van der Waals surface area contributed by atoms with Crippen LogP contribution in [0.25, 0.3) is 0 Å². The molecule has 2 atom stereocenters. The van der Waals surface area contributed by atoms with Gasteiger partial charge in [0.05, 0.1) is 5.92 Å². The van der Waals surface area contributed by atoms with Gasteiger partial charge in [-0.15, -0.1) is 0 Å². The van der Waals surface area contributed by atoms with Crippen LogP contribution < -0.4 is 0 Å². The van der Waals surface area contributed by atoms with Gasteiger partial charge in [-0.1, -0.05) is 84.9 Å². The van der Waals surface area contributed by atoms with Gasteiger partial charge in [-0.3, -0.25) is 0 Å². The van der Waals surface area contributed by atoms with E-state index in [0.717, 1.165) is 11.6 Å². The minimum Gasteiger partial charge on any atom is -0.237 e. The summed E-state index contributed by atoms with van der Waals surface area (Å²) in [6.45, 7) is 1.97. The predicted octanol–water partition coefficient (Wildman–Crippen LogP) is 4.72. The second kappa shape index (κ2) is 5.95. The second-order valence-electron chi connectivity index (χ2n) is 6.75. The van der Waals surface area contributed by atoms with Crippen molar-refractivity contribution >= 4 is 0 Å². The first-order valence-corrected chi connectivity index (χ1v) is 8.94. The molecule has 3 aromatic carbocycles. The zero-order valence-electron chi connectivity index (χ0n) is 14.6. The average molecular weight is 337 g/mol. The Hall–Kier alpha value is -3.20. The van der Waals surface area contributed by atoms with E-state index in [4.69, 9.17) is 10.1 Å². The SMILES string of the molecule is Cc1nc2n(n1)[C@H](c1ccccc1)c1ccccc1[C@H]2c1ccccc1. The molecule has 3 heteroatoms. The van der Waals surface area contributed by atoms with Gasteiger partial charge in [0.15, 0.2) is 0 Å². The molecule has 0 aliphatic carbocycles. The molecule has 26 heavy (non-hydrogen) atoms. The molecule has 0 saturated carbocycles. The van der Waals surface area contributed by atoms with Gasteiger partial charge in [-0.25, -0.2) is 9.67 Å². The number of aromatic nitrogens is 3. The molecule has 1 aliphatic heterocycles. The van der Waals surface area contributed by atoms with Crippen molar-refractivity contribution in [2.75, 3.05) is 0 Å². The molecule has 0 N–H and O–H groups in total. The first-order valence-electron chi connectivity index (χ1n) is 8.94. The summed E-state index contributed by atoms with van der Waals surface area (Å²) in [4.78, 5) is 4.84. The lowest BCUT2D eigenvalue weighted by molar-refractivity contribution is 0.524. The van der Waals surface area contributed by atoms with Gasteiger partial charge in [0.2, 0.25) is 0 Å². The first-order chi connectivity index (χ1) is 12.8. The van der Waals surface area contributed by atoms with Crippen molar-refractivity contribution in [1.29, 1.82) is 0 Å². The molecule has 0 saturated heterocycles. The Morgan fingerprint density at radius 3 is 1.96 bits per heavy atom. The minimum absolute atomic E-state index is 0.0589. The lowest BCUT2D eigenvalue weighted by atomic mass is 9.81. The summed E-state index contributed by atoms with van der Waals surface area (Å²) in [5, 5.41) is 4.79. The maximum absolute atomic E-state index is 4.84. The van der Waals surface area contributed by atoms with Crippen LogP contribution in [-0.2, 0) is 0 Å². The smallest absolute Gasteiger partial charge is 0.147 e. The summed E-state index contributed by atoms with van der Waals surface area (Å²) in [7, 11) is 0. The molecule has 0 radical (unpaired) electrons. The molecule has 0 unspecified atom stereocenters. The maximum atomic E-state index is 4.84. The van der Waals surface area contributed by atoms with E-state index in [1.54, 1.807) is 0 Å².